The van der Waals surface area contributed by atoms with Crippen molar-refractivity contribution in [1.29, 1.82) is 0 Å². The van der Waals surface area contributed by atoms with E-state index >= 15 is 0 Å². The first-order valence-corrected chi connectivity index (χ1v) is 20.1. The standard InChI is InChI=1S/C50H29N3S2/c1-2-8-32-23-37(14-13-30(32)7-1)31-15-19-40(20-16-31)53-45-26-38(49-51-43-24-33-9-3-5-11-35(33)28-47(43)54-49)17-21-41(45)42-22-18-39(27-46(42)53)50-52-44-25-34-10-4-6-12-36(34)29-48(44)55-50/h1-29H. The van der Waals surface area contributed by atoms with Crippen LogP contribution >= 0.6 is 22.7 Å². The third kappa shape index (κ3) is 5.01. The summed E-state index contributed by atoms with van der Waals surface area (Å²) < 4.78 is 4.82. The second kappa shape index (κ2) is 11.9. The highest BCUT2D eigenvalue weighted by Gasteiger charge is 2.18. The Balaban J connectivity index is 1.04. The van der Waals surface area contributed by atoms with Crippen LogP contribution in [0.2, 0.25) is 0 Å². The zero-order valence-electron chi connectivity index (χ0n) is 29.4. The average molecular weight is 736 g/mol. The topological polar surface area (TPSA) is 30.7 Å². The van der Waals surface area contributed by atoms with Crippen LogP contribution < -0.4 is 0 Å². The molecule has 0 aliphatic heterocycles. The molecule has 0 unspecified atom stereocenters. The zero-order chi connectivity index (χ0) is 36.0. The monoisotopic (exact) mass is 735 g/mol. The lowest BCUT2D eigenvalue weighted by Crippen LogP contribution is -1.94. The molecule has 3 heterocycles. The Morgan fingerprint density at radius 2 is 0.782 bits per heavy atom. The van der Waals surface area contributed by atoms with Crippen LogP contribution in [0.3, 0.4) is 0 Å². The quantitative estimate of drug-likeness (QED) is 0.180. The minimum Gasteiger partial charge on any atom is -0.309 e. The van der Waals surface area contributed by atoms with Gasteiger partial charge < -0.3 is 4.57 Å². The minimum atomic E-state index is 1.03. The van der Waals surface area contributed by atoms with E-state index in [1.165, 1.54) is 63.6 Å². The Bertz CT molecular complexity index is 3220. The maximum absolute atomic E-state index is 5.16. The second-order valence-corrected chi connectivity index (χ2v) is 16.3. The van der Waals surface area contributed by atoms with E-state index in [2.05, 4.69) is 180 Å². The van der Waals surface area contributed by atoms with Crippen molar-refractivity contribution < 1.29 is 0 Å². The van der Waals surface area contributed by atoms with Crippen molar-refractivity contribution in [1.82, 2.24) is 14.5 Å². The number of thiazole rings is 2. The summed E-state index contributed by atoms with van der Waals surface area (Å²) in [6.07, 6.45) is 0. The number of hydrogen-bond acceptors (Lipinski definition) is 4. The van der Waals surface area contributed by atoms with E-state index in [4.69, 9.17) is 9.97 Å². The molecule has 3 nitrogen and oxygen atoms in total. The average Bonchev–Trinajstić information content (AvgIpc) is 3.94. The smallest absolute Gasteiger partial charge is 0.124 e. The summed E-state index contributed by atoms with van der Waals surface area (Å²) in [7, 11) is 0. The molecule has 0 aliphatic rings. The van der Waals surface area contributed by atoms with Gasteiger partial charge in [0.25, 0.3) is 0 Å². The molecule has 0 fully saturated rings. The summed E-state index contributed by atoms with van der Waals surface area (Å²) in [6.45, 7) is 0. The summed E-state index contributed by atoms with van der Waals surface area (Å²) in [5.74, 6) is 0. The van der Waals surface area contributed by atoms with Crippen LogP contribution in [0.4, 0.5) is 0 Å². The third-order valence-corrected chi connectivity index (χ3v) is 13.1. The number of rotatable bonds is 4. The fourth-order valence-corrected chi connectivity index (χ4v) is 10.2. The number of hydrogen-bond donors (Lipinski definition) is 0. The number of nitrogens with zero attached hydrogens (tertiary/aromatic N) is 3. The minimum absolute atomic E-state index is 1.03. The van der Waals surface area contributed by atoms with Crippen molar-refractivity contribution >= 4 is 97.2 Å². The van der Waals surface area contributed by atoms with Gasteiger partial charge in [-0.05, 0) is 98.0 Å². The highest BCUT2D eigenvalue weighted by atomic mass is 32.1. The Labute approximate surface area is 324 Å². The van der Waals surface area contributed by atoms with Crippen molar-refractivity contribution in [3.63, 3.8) is 0 Å². The molecule has 55 heavy (non-hydrogen) atoms. The lowest BCUT2D eigenvalue weighted by atomic mass is 10.0. The van der Waals surface area contributed by atoms with E-state index < -0.39 is 0 Å². The molecular weight excluding hydrogens is 707 g/mol. The first-order chi connectivity index (χ1) is 27.2. The van der Waals surface area contributed by atoms with E-state index in [9.17, 15) is 0 Å². The molecule has 0 saturated heterocycles. The molecule has 256 valence electrons. The molecule has 0 spiro atoms. The second-order valence-electron chi connectivity index (χ2n) is 14.3. The predicted octanol–water partition coefficient (Wildman–Crippen LogP) is 14.5. The third-order valence-electron chi connectivity index (χ3n) is 11.0. The lowest BCUT2D eigenvalue weighted by molar-refractivity contribution is 1.18. The molecule has 12 rings (SSSR count). The van der Waals surface area contributed by atoms with E-state index in [0.717, 1.165) is 48.9 Å². The molecule has 0 aliphatic carbocycles. The van der Waals surface area contributed by atoms with Gasteiger partial charge >= 0.3 is 0 Å². The number of benzene rings is 9. The van der Waals surface area contributed by atoms with E-state index in [1.807, 2.05) is 0 Å². The normalized spacial score (nSPS) is 12.0. The van der Waals surface area contributed by atoms with Crippen molar-refractivity contribution in [3.05, 3.63) is 176 Å². The number of aromatic nitrogens is 3. The maximum atomic E-state index is 5.16. The van der Waals surface area contributed by atoms with Crippen LogP contribution in [0.25, 0.3) is 113 Å². The van der Waals surface area contributed by atoms with Crippen LogP contribution in [0.1, 0.15) is 0 Å². The van der Waals surface area contributed by atoms with E-state index in [-0.39, 0.29) is 0 Å². The summed E-state index contributed by atoms with van der Waals surface area (Å²) in [6, 6.07) is 64.0. The van der Waals surface area contributed by atoms with Gasteiger partial charge in [-0.15, -0.1) is 22.7 Å². The predicted molar refractivity (Wildman–Crippen MR) is 236 cm³/mol. The first kappa shape index (κ1) is 30.8. The molecule has 0 bridgehead atoms. The van der Waals surface area contributed by atoms with Crippen LogP contribution in [0.5, 0.6) is 0 Å². The van der Waals surface area contributed by atoms with Gasteiger partial charge in [-0.2, -0.15) is 0 Å². The summed E-state index contributed by atoms with van der Waals surface area (Å²) in [4.78, 5) is 10.3. The van der Waals surface area contributed by atoms with Crippen LogP contribution in [0.15, 0.2) is 176 Å². The molecule has 5 heteroatoms. The van der Waals surface area contributed by atoms with Crippen molar-refractivity contribution in [2.75, 3.05) is 0 Å². The zero-order valence-corrected chi connectivity index (χ0v) is 31.0. The van der Waals surface area contributed by atoms with Crippen LogP contribution in [0, 0.1) is 0 Å². The fraction of sp³-hybridized carbons (Fsp3) is 0. The fourth-order valence-electron chi connectivity index (χ4n) is 8.21. The Hall–Kier alpha value is -6.66. The highest BCUT2D eigenvalue weighted by molar-refractivity contribution is 7.22. The van der Waals surface area contributed by atoms with Crippen molar-refractivity contribution in [2.24, 2.45) is 0 Å². The maximum Gasteiger partial charge on any atom is 0.124 e. The summed E-state index contributed by atoms with van der Waals surface area (Å²) in [5, 5.41) is 11.9. The summed E-state index contributed by atoms with van der Waals surface area (Å²) >= 11 is 3.52. The Morgan fingerprint density at radius 3 is 1.31 bits per heavy atom. The Morgan fingerprint density at radius 1 is 0.345 bits per heavy atom. The number of fused-ring (bicyclic) bond motifs is 8. The van der Waals surface area contributed by atoms with Gasteiger partial charge in [0.15, 0.2) is 0 Å². The molecule has 0 saturated carbocycles. The van der Waals surface area contributed by atoms with Crippen LogP contribution in [-0.2, 0) is 0 Å². The molecule has 0 atom stereocenters. The SMILES string of the molecule is c1ccc2cc(-c3ccc(-n4c5cc(-c6nc7cc8ccccc8cc7s6)ccc5c5ccc(-c6nc7cc8ccccc8cc7s6)cc54)cc3)ccc2c1. The van der Waals surface area contributed by atoms with Gasteiger partial charge in [0.1, 0.15) is 10.0 Å². The lowest BCUT2D eigenvalue weighted by Gasteiger charge is -2.11. The van der Waals surface area contributed by atoms with E-state index in [1.54, 1.807) is 22.7 Å². The van der Waals surface area contributed by atoms with E-state index in [0.29, 0.717) is 0 Å². The van der Waals surface area contributed by atoms with Gasteiger partial charge in [0.2, 0.25) is 0 Å². The molecular formula is C50H29N3S2. The van der Waals surface area contributed by atoms with Gasteiger partial charge in [-0.25, -0.2) is 9.97 Å². The van der Waals surface area contributed by atoms with Gasteiger partial charge in [-0.3, -0.25) is 0 Å². The van der Waals surface area contributed by atoms with Crippen molar-refractivity contribution in [3.8, 4) is 38.0 Å². The van der Waals surface area contributed by atoms with Gasteiger partial charge in [0.05, 0.1) is 31.5 Å². The molecule has 0 N–H and O–H groups in total. The molecule has 12 aromatic rings. The molecule has 3 aromatic heterocycles. The molecule has 0 amide bonds. The summed E-state index contributed by atoms with van der Waals surface area (Å²) in [5.41, 5.74) is 10.1. The molecule has 0 radical (unpaired) electrons. The Kier molecular flexibility index (Phi) is 6.67. The van der Waals surface area contributed by atoms with Crippen LogP contribution in [-0.4, -0.2) is 14.5 Å². The van der Waals surface area contributed by atoms with Crippen molar-refractivity contribution in [2.45, 2.75) is 0 Å². The largest absolute Gasteiger partial charge is 0.309 e. The van der Waals surface area contributed by atoms with Gasteiger partial charge in [0, 0.05) is 27.6 Å². The van der Waals surface area contributed by atoms with Gasteiger partial charge in [-0.1, -0.05) is 121 Å². The molecule has 9 aromatic carbocycles. The first-order valence-electron chi connectivity index (χ1n) is 18.5. The highest BCUT2D eigenvalue weighted by Crippen LogP contribution is 2.41.